The van der Waals surface area contributed by atoms with Crippen LogP contribution in [0.2, 0.25) is 0 Å². The molecule has 0 unspecified atom stereocenters. The summed E-state index contributed by atoms with van der Waals surface area (Å²) in [6.07, 6.45) is 4.26. The first-order valence-electron chi connectivity index (χ1n) is 12.0. The van der Waals surface area contributed by atoms with Gasteiger partial charge in [0.1, 0.15) is 15.7 Å². The van der Waals surface area contributed by atoms with Crippen LogP contribution in [-0.2, 0) is 14.6 Å². The molecule has 1 atom stereocenters. The zero-order chi connectivity index (χ0) is 26.1. The highest BCUT2D eigenvalue weighted by atomic mass is 32.2. The van der Waals surface area contributed by atoms with E-state index in [4.69, 9.17) is 4.74 Å². The molecule has 10 heteroatoms. The van der Waals surface area contributed by atoms with Crippen LogP contribution in [-0.4, -0.2) is 59.8 Å². The monoisotopic (exact) mass is 511 g/mol. The molecule has 1 fully saturated rings. The fraction of sp³-hybridized carbons (Fsp3) is 0.462. The van der Waals surface area contributed by atoms with Gasteiger partial charge in [0, 0.05) is 25.2 Å². The second kappa shape index (κ2) is 10.0. The molecular formula is C26H33N5O4S. The minimum Gasteiger partial charge on any atom is -0.481 e. The van der Waals surface area contributed by atoms with Crippen molar-refractivity contribution in [3.05, 3.63) is 48.3 Å². The number of pyridine rings is 3. The molecule has 4 rings (SSSR count). The molecule has 3 aromatic heterocycles. The number of methoxy groups -OCH3 is 1. The molecule has 9 nitrogen and oxygen atoms in total. The highest BCUT2D eigenvalue weighted by molar-refractivity contribution is 7.91. The summed E-state index contributed by atoms with van der Waals surface area (Å²) >= 11 is 0. The molecule has 1 amide bonds. The first kappa shape index (κ1) is 25.8. The summed E-state index contributed by atoms with van der Waals surface area (Å²) in [7, 11) is 0.351. The molecule has 0 radical (unpaired) electrons. The van der Waals surface area contributed by atoms with Crippen molar-refractivity contribution in [1.82, 2.24) is 19.9 Å². The lowest BCUT2D eigenvalue weighted by atomic mass is 9.81. The Kier molecular flexibility index (Phi) is 7.17. The Labute approximate surface area is 212 Å². The number of hydrogen-bond donors (Lipinski definition) is 1. The van der Waals surface area contributed by atoms with Crippen LogP contribution in [0.1, 0.15) is 45.2 Å². The molecule has 1 saturated heterocycles. The molecule has 3 aromatic rings. The molecule has 192 valence electrons. The summed E-state index contributed by atoms with van der Waals surface area (Å²) in [6, 6.07) is 9.14. The van der Waals surface area contributed by atoms with Gasteiger partial charge in [0.25, 0.3) is 0 Å². The number of aromatic nitrogens is 3. The zero-order valence-corrected chi connectivity index (χ0v) is 22.2. The maximum absolute atomic E-state index is 13.3. The number of carbonyl (C=O) groups is 1. The minimum atomic E-state index is -3.02. The van der Waals surface area contributed by atoms with Gasteiger partial charge in [-0.05, 0) is 42.0 Å². The summed E-state index contributed by atoms with van der Waals surface area (Å²) in [5, 5.41) is 3.26. The lowest BCUT2D eigenvalue weighted by Gasteiger charge is -2.40. The number of rotatable bonds is 6. The Morgan fingerprint density at radius 2 is 1.81 bits per heavy atom. The van der Waals surface area contributed by atoms with Crippen LogP contribution in [0.4, 0.5) is 11.5 Å². The lowest BCUT2D eigenvalue weighted by molar-refractivity contribution is -0.139. The second-order valence-corrected chi connectivity index (χ2v) is 12.7. The van der Waals surface area contributed by atoms with Crippen molar-refractivity contribution in [3.63, 3.8) is 0 Å². The Morgan fingerprint density at radius 3 is 2.42 bits per heavy atom. The predicted octanol–water partition coefficient (Wildman–Crippen LogP) is 4.15. The summed E-state index contributed by atoms with van der Waals surface area (Å²) in [4.78, 5) is 28.5. The van der Waals surface area contributed by atoms with E-state index in [2.05, 4.69) is 41.0 Å². The average Bonchev–Trinajstić information content (AvgIpc) is 2.83. The van der Waals surface area contributed by atoms with E-state index in [0.29, 0.717) is 30.1 Å². The highest BCUT2D eigenvalue weighted by Gasteiger charge is 2.37. The molecule has 0 bridgehead atoms. The van der Waals surface area contributed by atoms with Gasteiger partial charge < -0.3 is 15.0 Å². The van der Waals surface area contributed by atoms with Crippen LogP contribution in [0.15, 0.2) is 42.7 Å². The highest BCUT2D eigenvalue weighted by Crippen LogP contribution is 2.39. The second-order valence-electron chi connectivity index (χ2n) is 10.4. The average molecular weight is 512 g/mol. The van der Waals surface area contributed by atoms with Crippen molar-refractivity contribution in [2.75, 3.05) is 31.0 Å². The van der Waals surface area contributed by atoms with E-state index in [1.54, 1.807) is 37.5 Å². The first-order valence-corrected chi connectivity index (χ1v) is 13.8. The topological polar surface area (TPSA) is 114 Å². The number of nitrogens with one attached hydrogen (secondary N) is 1. The molecule has 0 spiro atoms. The number of ether oxygens (including phenoxy) is 1. The molecular weight excluding hydrogens is 478 g/mol. The van der Waals surface area contributed by atoms with E-state index in [9.17, 15) is 13.2 Å². The van der Waals surface area contributed by atoms with Crippen LogP contribution in [0.5, 0.6) is 5.88 Å². The van der Waals surface area contributed by atoms with E-state index >= 15 is 0 Å². The van der Waals surface area contributed by atoms with E-state index < -0.39 is 9.84 Å². The Morgan fingerprint density at radius 1 is 1.08 bits per heavy atom. The van der Waals surface area contributed by atoms with Gasteiger partial charge in [-0.1, -0.05) is 26.8 Å². The van der Waals surface area contributed by atoms with Crippen molar-refractivity contribution >= 4 is 38.3 Å². The quantitative estimate of drug-likeness (QED) is 0.525. The molecule has 0 saturated carbocycles. The third-order valence-electron chi connectivity index (χ3n) is 6.55. The van der Waals surface area contributed by atoms with Gasteiger partial charge in [-0.2, -0.15) is 0 Å². The largest absolute Gasteiger partial charge is 0.481 e. The van der Waals surface area contributed by atoms with E-state index in [-0.39, 0.29) is 34.8 Å². The molecule has 0 aromatic carbocycles. The molecule has 1 aliphatic heterocycles. The normalized spacial score (nSPS) is 16.9. The van der Waals surface area contributed by atoms with E-state index in [1.165, 1.54) is 0 Å². The van der Waals surface area contributed by atoms with Gasteiger partial charge in [0.05, 0.1) is 47.6 Å². The van der Waals surface area contributed by atoms with Crippen LogP contribution in [0.3, 0.4) is 0 Å². The summed E-state index contributed by atoms with van der Waals surface area (Å²) < 4.78 is 28.8. The smallest absolute Gasteiger partial charge is 0.226 e. The fourth-order valence-corrected chi connectivity index (χ4v) is 6.31. The number of anilines is 2. The van der Waals surface area contributed by atoms with Crippen molar-refractivity contribution < 1.29 is 17.9 Å². The molecule has 0 aliphatic carbocycles. The van der Waals surface area contributed by atoms with Gasteiger partial charge in [-0.3, -0.25) is 9.78 Å². The third-order valence-corrected chi connectivity index (χ3v) is 8.27. The number of nitrogens with zero attached hydrogens (tertiary/aromatic N) is 4. The van der Waals surface area contributed by atoms with Crippen LogP contribution in [0, 0.1) is 11.3 Å². The standard InChI is InChI=1S/C26H33N5O4S/c1-26(2,3)24(31(4)25(32)17-10-12-36(33,34)13-11-17)18-6-8-22(28-15-18)29-19-14-21-20(27-16-19)7-9-23(30-21)35-5/h6-9,14-17,24H,10-13H2,1-5H3,(H,28,29)/t24-/m0/s1. The number of sulfone groups is 1. The van der Waals surface area contributed by atoms with Gasteiger partial charge in [-0.25, -0.2) is 18.4 Å². The third kappa shape index (κ3) is 5.75. The fourth-order valence-electron chi connectivity index (χ4n) is 4.82. The van der Waals surface area contributed by atoms with Gasteiger partial charge in [-0.15, -0.1) is 0 Å². The van der Waals surface area contributed by atoms with Crippen LogP contribution >= 0.6 is 0 Å². The Bertz CT molecular complexity index is 1340. The lowest BCUT2D eigenvalue weighted by Crippen LogP contribution is -2.43. The van der Waals surface area contributed by atoms with Crippen LogP contribution in [0.25, 0.3) is 11.0 Å². The minimum absolute atomic E-state index is 0.0165. The number of hydrogen-bond acceptors (Lipinski definition) is 8. The number of carbonyl (C=O) groups excluding carboxylic acids is 1. The van der Waals surface area contributed by atoms with Gasteiger partial charge in [0.15, 0.2) is 0 Å². The van der Waals surface area contributed by atoms with Gasteiger partial charge in [0.2, 0.25) is 11.8 Å². The van der Waals surface area contributed by atoms with E-state index in [1.807, 2.05) is 24.3 Å². The molecule has 1 N–H and O–H groups in total. The van der Waals surface area contributed by atoms with Crippen molar-refractivity contribution in [2.24, 2.45) is 11.3 Å². The SMILES string of the molecule is COc1ccc2ncc(Nc3ccc([C@H](N(C)C(=O)C4CCS(=O)(=O)CC4)C(C)(C)C)cn3)cc2n1. The first-order chi connectivity index (χ1) is 17.0. The number of amides is 1. The van der Waals surface area contributed by atoms with Gasteiger partial charge >= 0.3 is 0 Å². The summed E-state index contributed by atoms with van der Waals surface area (Å²) in [5.74, 6) is 1.02. The van der Waals surface area contributed by atoms with Crippen molar-refractivity contribution in [1.29, 1.82) is 0 Å². The predicted molar refractivity (Wildman–Crippen MR) is 140 cm³/mol. The van der Waals surface area contributed by atoms with Crippen molar-refractivity contribution in [2.45, 2.75) is 39.7 Å². The van der Waals surface area contributed by atoms with E-state index in [0.717, 1.165) is 16.8 Å². The van der Waals surface area contributed by atoms with Crippen molar-refractivity contribution in [3.8, 4) is 5.88 Å². The maximum atomic E-state index is 13.3. The zero-order valence-electron chi connectivity index (χ0n) is 21.4. The Balaban J connectivity index is 1.52. The summed E-state index contributed by atoms with van der Waals surface area (Å²) in [6.45, 7) is 6.25. The maximum Gasteiger partial charge on any atom is 0.226 e. The molecule has 1 aliphatic rings. The van der Waals surface area contributed by atoms with Crippen LogP contribution < -0.4 is 10.1 Å². The Hall–Kier alpha value is -3.27. The number of fused-ring (bicyclic) bond motifs is 1. The molecule has 4 heterocycles. The molecule has 36 heavy (non-hydrogen) atoms. The summed E-state index contributed by atoms with van der Waals surface area (Å²) in [5.41, 5.74) is 2.88.